The third-order valence-electron chi connectivity index (χ3n) is 5.69. The van der Waals surface area contributed by atoms with Crippen LogP contribution in [0, 0.1) is 0 Å². The van der Waals surface area contributed by atoms with E-state index in [0.717, 1.165) is 5.56 Å². The summed E-state index contributed by atoms with van der Waals surface area (Å²) in [7, 11) is 2.72. The smallest absolute Gasteiger partial charge is 0.338 e. The molecule has 0 aliphatic carbocycles. The van der Waals surface area contributed by atoms with Gasteiger partial charge in [-0.2, -0.15) is 0 Å². The summed E-state index contributed by atoms with van der Waals surface area (Å²) in [5, 5.41) is 0. The third-order valence-corrected chi connectivity index (χ3v) is 6.67. The second-order valence-corrected chi connectivity index (χ2v) is 9.06. The van der Waals surface area contributed by atoms with Gasteiger partial charge in [0, 0.05) is 12.5 Å². The molecule has 10 heteroatoms. The summed E-state index contributed by atoms with van der Waals surface area (Å²) in [5.74, 6) is 0.0468. The van der Waals surface area contributed by atoms with E-state index in [2.05, 4.69) is 4.99 Å². The SMILES string of the molecule is CCOc1ccccc1/C=c1\sc2n(c1=O)C(c1ccc(OC(C)=O)c(OC)c1)C(C(=O)OC)=C(C)N=2. The maximum atomic E-state index is 13.8. The van der Waals surface area contributed by atoms with Gasteiger partial charge in [-0.3, -0.25) is 14.2 Å². The van der Waals surface area contributed by atoms with E-state index >= 15 is 0 Å². The quantitative estimate of drug-likeness (QED) is 0.347. The van der Waals surface area contributed by atoms with E-state index < -0.39 is 18.0 Å². The van der Waals surface area contributed by atoms with Crippen LogP contribution < -0.4 is 29.1 Å². The number of rotatable bonds is 7. The Bertz CT molecular complexity index is 1580. The molecule has 2 heterocycles. The number of para-hydroxylation sites is 1. The number of hydrogen-bond donors (Lipinski definition) is 0. The fraction of sp³-hybridized carbons (Fsp3) is 0.259. The Balaban J connectivity index is 1.95. The number of carbonyl (C=O) groups excluding carboxylic acids is 2. The highest BCUT2D eigenvalue weighted by Gasteiger charge is 2.33. The molecule has 0 radical (unpaired) electrons. The van der Waals surface area contributed by atoms with E-state index in [4.69, 9.17) is 18.9 Å². The van der Waals surface area contributed by atoms with Gasteiger partial charge in [-0.1, -0.05) is 35.6 Å². The van der Waals surface area contributed by atoms with Crippen molar-refractivity contribution in [1.29, 1.82) is 0 Å². The lowest BCUT2D eigenvalue weighted by molar-refractivity contribution is -0.136. The van der Waals surface area contributed by atoms with Gasteiger partial charge in [0.05, 0.1) is 42.7 Å². The molecule has 0 amide bonds. The number of fused-ring (bicyclic) bond motifs is 1. The lowest BCUT2D eigenvalue weighted by Crippen LogP contribution is -2.39. The number of methoxy groups -OCH3 is 2. The number of allylic oxidation sites excluding steroid dienone is 1. The van der Waals surface area contributed by atoms with Gasteiger partial charge < -0.3 is 18.9 Å². The summed E-state index contributed by atoms with van der Waals surface area (Å²) in [6.45, 7) is 5.36. The van der Waals surface area contributed by atoms with Crippen molar-refractivity contribution in [2.45, 2.75) is 26.8 Å². The second-order valence-electron chi connectivity index (χ2n) is 8.05. The van der Waals surface area contributed by atoms with Crippen molar-refractivity contribution < 1.29 is 28.5 Å². The van der Waals surface area contributed by atoms with E-state index in [-0.39, 0.29) is 22.6 Å². The van der Waals surface area contributed by atoms with Crippen LogP contribution >= 0.6 is 11.3 Å². The van der Waals surface area contributed by atoms with Crippen LogP contribution in [0.25, 0.3) is 6.08 Å². The zero-order valence-corrected chi connectivity index (χ0v) is 21.9. The molecule has 1 unspecified atom stereocenters. The fourth-order valence-corrected chi connectivity index (χ4v) is 5.17. The molecule has 0 spiro atoms. The Morgan fingerprint density at radius 1 is 1.11 bits per heavy atom. The Labute approximate surface area is 216 Å². The zero-order chi connectivity index (χ0) is 26.7. The van der Waals surface area contributed by atoms with Crippen molar-refractivity contribution in [2.24, 2.45) is 4.99 Å². The van der Waals surface area contributed by atoms with Crippen molar-refractivity contribution in [1.82, 2.24) is 4.57 Å². The van der Waals surface area contributed by atoms with Crippen molar-refractivity contribution >= 4 is 29.4 Å². The molecule has 0 saturated carbocycles. The number of thiazole rings is 1. The highest BCUT2D eigenvalue weighted by Crippen LogP contribution is 2.36. The predicted octanol–water partition coefficient (Wildman–Crippen LogP) is 2.74. The van der Waals surface area contributed by atoms with Crippen LogP contribution in [0.1, 0.15) is 37.9 Å². The number of hydrogen-bond acceptors (Lipinski definition) is 9. The van der Waals surface area contributed by atoms with Crippen LogP contribution in [0.15, 0.2) is 63.5 Å². The van der Waals surface area contributed by atoms with Crippen LogP contribution in [-0.2, 0) is 14.3 Å². The van der Waals surface area contributed by atoms with E-state index in [1.807, 2.05) is 31.2 Å². The molecule has 0 fully saturated rings. The van der Waals surface area contributed by atoms with Gasteiger partial charge in [-0.25, -0.2) is 9.79 Å². The standard InChI is InChI=1S/C27H26N2O7S/c1-6-35-19-10-8-7-9-17(19)14-22-25(31)29-24(23(26(32)34-5)15(2)28-27(29)37-22)18-11-12-20(36-16(3)30)21(13-18)33-4/h7-14,24H,6H2,1-5H3/b22-14-. The highest BCUT2D eigenvalue weighted by atomic mass is 32.1. The highest BCUT2D eigenvalue weighted by molar-refractivity contribution is 7.07. The first-order valence-electron chi connectivity index (χ1n) is 11.5. The number of carbonyl (C=O) groups is 2. The predicted molar refractivity (Wildman–Crippen MR) is 138 cm³/mol. The molecule has 0 N–H and O–H groups in total. The summed E-state index contributed by atoms with van der Waals surface area (Å²) in [4.78, 5) is 43.2. The molecule has 3 aromatic rings. The van der Waals surface area contributed by atoms with Crippen molar-refractivity contribution in [3.05, 3.63) is 84.5 Å². The van der Waals surface area contributed by atoms with Crippen LogP contribution in [0.2, 0.25) is 0 Å². The Morgan fingerprint density at radius 2 is 1.86 bits per heavy atom. The van der Waals surface area contributed by atoms with E-state index in [1.165, 1.54) is 37.0 Å². The van der Waals surface area contributed by atoms with Gasteiger partial charge in [-0.05, 0) is 43.7 Å². The molecule has 4 rings (SSSR count). The summed E-state index contributed by atoms with van der Waals surface area (Å²) in [6.07, 6.45) is 1.76. The molecule has 1 aliphatic rings. The molecule has 0 saturated heterocycles. The van der Waals surface area contributed by atoms with Gasteiger partial charge in [0.15, 0.2) is 16.3 Å². The monoisotopic (exact) mass is 522 g/mol. The van der Waals surface area contributed by atoms with Gasteiger partial charge in [0.1, 0.15) is 5.75 Å². The topological polar surface area (TPSA) is 105 Å². The van der Waals surface area contributed by atoms with Crippen molar-refractivity contribution in [2.75, 3.05) is 20.8 Å². The maximum Gasteiger partial charge on any atom is 0.338 e. The molecule has 1 atom stereocenters. The fourth-order valence-electron chi connectivity index (χ4n) is 4.13. The largest absolute Gasteiger partial charge is 0.493 e. The molecule has 1 aromatic heterocycles. The van der Waals surface area contributed by atoms with E-state index in [0.29, 0.717) is 33.0 Å². The minimum Gasteiger partial charge on any atom is -0.493 e. The van der Waals surface area contributed by atoms with Crippen molar-refractivity contribution in [3.8, 4) is 17.2 Å². The van der Waals surface area contributed by atoms with Crippen LogP contribution in [0.3, 0.4) is 0 Å². The molecule has 0 bridgehead atoms. The summed E-state index contributed by atoms with van der Waals surface area (Å²) in [5.41, 5.74) is 1.64. The molecule has 2 aromatic carbocycles. The van der Waals surface area contributed by atoms with Crippen LogP contribution in [-0.4, -0.2) is 37.3 Å². The minimum absolute atomic E-state index is 0.221. The van der Waals surface area contributed by atoms with E-state index in [9.17, 15) is 14.4 Å². The number of esters is 2. The summed E-state index contributed by atoms with van der Waals surface area (Å²) < 4.78 is 23.3. The van der Waals surface area contributed by atoms with Gasteiger partial charge in [0.25, 0.3) is 5.56 Å². The first kappa shape index (κ1) is 25.9. The van der Waals surface area contributed by atoms with Crippen molar-refractivity contribution in [3.63, 3.8) is 0 Å². The van der Waals surface area contributed by atoms with Gasteiger partial charge in [-0.15, -0.1) is 0 Å². The van der Waals surface area contributed by atoms with Crippen LogP contribution in [0.4, 0.5) is 0 Å². The second kappa shape index (κ2) is 10.8. The first-order valence-corrected chi connectivity index (χ1v) is 12.3. The third kappa shape index (κ3) is 5.05. The number of benzene rings is 2. The first-order chi connectivity index (χ1) is 17.8. The molecule has 37 heavy (non-hydrogen) atoms. The number of ether oxygens (including phenoxy) is 4. The maximum absolute atomic E-state index is 13.8. The lowest BCUT2D eigenvalue weighted by atomic mass is 9.95. The molecule has 9 nitrogen and oxygen atoms in total. The number of nitrogens with zero attached hydrogens (tertiary/aromatic N) is 2. The average Bonchev–Trinajstić information content (AvgIpc) is 3.18. The normalized spacial score (nSPS) is 15.1. The lowest BCUT2D eigenvalue weighted by Gasteiger charge is -2.25. The average molecular weight is 523 g/mol. The molecule has 192 valence electrons. The van der Waals surface area contributed by atoms with Gasteiger partial charge >= 0.3 is 11.9 Å². The van der Waals surface area contributed by atoms with E-state index in [1.54, 1.807) is 31.2 Å². The number of aromatic nitrogens is 1. The van der Waals surface area contributed by atoms with Crippen LogP contribution in [0.5, 0.6) is 17.2 Å². The Morgan fingerprint density at radius 3 is 2.54 bits per heavy atom. The Hall–Kier alpha value is -4.18. The zero-order valence-electron chi connectivity index (χ0n) is 21.1. The summed E-state index contributed by atoms with van der Waals surface area (Å²) >= 11 is 1.21. The summed E-state index contributed by atoms with van der Waals surface area (Å²) in [6, 6.07) is 11.5. The Kier molecular flexibility index (Phi) is 7.58. The molecular formula is C27H26N2O7S. The molecule has 1 aliphatic heterocycles. The minimum atomic E-state index is -0.840. The molecular weight excluding hydrogens is 496 g/mol. The van der Waals surface area contributed by atoms with Gasteiger partial charge in [0.2, 0.25) is 0 Å².